The van der Waals surface area contributed by atoms with E-state index in [2.05, 4.69) is 11.4 Å². The first-order valence-electron chi connectivity index (χ1n) is 6.10. The molecule has 0 heterocycles. The SMILES string of the molecule is CCCC(N[C@H](C)c1cccc(C)c1)C(=O)O. The van der Waals surface area contributed by atoms with Crippen molar-refractivity contribution in [2.24, 2.45) is 0 Å². The van der Waals surface area contributed by atoms with Crippen LogP contribution in [0.3, 0.4) is 0 Å². The van der Waals surface area contributed by atoms with E-state index in [4.69, 9.17) is 5.11 Å². The number of hydrogen-bond acceptors (Lipinski definition) is 2. The summed E-state index contributed by atoms with van der Waals surface area (Å²) in [5, 5.41) is 12.3. The summed E-state index contributed by atoms with van der Waals surface area (Å²) in [6.07, 6.45) is 1.52. The molecule has 0 aliphatic rings. The maximum Gasteiger partial charge on any atom is 0.320 e. The number of carbonyl (C=O) groups is 1. The van der Waals surface area contributed by atoms with Crippen molar-refractivity contribution in [1.82, 2.24) is 5.32 Å². The molecule has 0 aliphatic heterocycles. The fourth-order valence-electron chi connectivity index (χ4n) is 1.90. The number of aliphatic carboxylic acids is 1. The van der Waals surface area contributed by atoms with Gasteiger partial charge in [-0.15, -0.1) is 0 Å². The summed E-state index contributed by atoms with van der Waals surface area (Å²) in [6, 6.07) is 7.74. The Morgan fingerprint density at radius 2 is 2.18 bits per heavy atom. The summed E-state index contributed by atoms with van der Waals surface area (Å²) < 4.78 is 0. The van der Waals surface area contributed by atoms with Crippen molar-refractivity contribution < 1.29 is 9.90 Å². The highest BCUT2D eigenvalue weighted by Crippen LogP contribution is 2.15. The maximum absolute atomic E-state index is 11.1. The summed E-state index contributed by atoms with van der Waals surface area (Å²) in [4.78, 5) is 11.1. The summed E-state index contributed by atoms with van der Waals surface area (Å²) in [5.41, 5.74) is 2.32. The zero-order valence-electron chi connectivity index (χ0n) is 10.7. The lowest BCUT2D eigenvalue weighted by Crippen LogP contribution is -2.38. The Balaban J connectivity index is 2.69. The van der Waals surface area contributed by atoms with Gasteiger partial charge in [0.2, 0.25) is 0 Å². The van der Waals surface area contributed by atoms with Crippen LogP contribution in [0.25, 0.3) is 0 Å². The first kappa shape index (κ1) is 13.7. The van der Waals surface area contributed by atoms with Crippen molar-refractivity contribution >= 4 is 5.97 Å². The lowest BCUT2D eigenvalue weighted by Gasteiger charge is -2.20. The molecular weight excluding hydrogens is 214 g/mol. The monoisotopic (exact) mass is 235 g/mol. The molecule has 0 fully saturated rings. The lowest BCUT2D eigenvalue weighted by atomic mass is 10.0. The number of carboxylic acids is 1. The van der Waals surface area contributed by atoms with E-state index in [0.717, 1.165) is 12.0 Å². The summed E-state index contributed by atoms with van der Waals surface area (Å²) in [5.74, 6) is -0.772. The number of benzene rings is 1. The maximum atomic E-state index is 11.1. The molecule has 2 atom stereocenters. The molecule has 2 N–H and O–H groups in total. The molecule has 0 spiro atoms. The second-order valence-electron chi connectivity index (χ2n) is 4.48. The van der Waals surface area contributed by atoms with E-state index in [9.17, 15) is 4.79 Å². The fourth-order valence-corrected chi connectivity index (χ4v) is 1.90. The van der Waals surface area contributed by atoms with E-state index in [1.807, 2.05) is 39.0 Å². The molecule has 3 heteroatoms. The van der Waals surface area contributed by atoms with Crippen LogP contribution >= 0.6 is 0 Å². The topological polar surface area (TPSA) is 49.3 Å². The van der Waals surface area contributed by atoms with Crippen molar-refractivity contribution in [2.45, 2.75) is 45.7 Å². The highest BCUT2D eigenvalue weighted by molar-refractivity contribution is 5.73. The number of carboxylic acid groups (broad SMARTS) is 1. The molecule has 0 aliphatic carbocycles. The first-order valence-corrected chi connectivity index (χ1v) is 6.10. The summed E-state index contributed by atoms with van der Waals surface area (Å²) in [6.45, 7) is 6.03. The van der Waals surface area contributed by atoms with Gasteiger partial charge in [-0.2, -0.15) is 0 Å². The van der Waals surface area contributed by atoms with Crippen LogP contribution in [0.4, 0.5) is 0 Å². The van der Waals surface area contributed by atoms with E-state index in [1.54, 1.807) is 0 Å². The first-order chi connectivity index (χ1) is 8.04. The smallest absolute Gasteiger partial charge is 0.320 e. The Bertz CT molecular complexity index is 376. The van der Waals surface area contributed by atoms with Gasteiger partial charge in [0, 0.05) is 6.04 Å². The minimum absolute atomic E-state index is 0.0579. The summed E-state index contributed by atoms with van der Waals surface area (Å²) in [7, 11) is 0. The normalized spacial score (nSPS) is 14.3. The average Bonchev–Trinajstić information content (AvgIpc) is 2.28. The van der Waals surface area contributed by atoms with Gasteiger partial charge in [-0.05, 0) is 25.8 Å². The van der Waals surface area contributed by atoms with Gasteiger partial charge in [0.25, 0.3) is 0 Å². The van der Waals surface area contributed by atoms with Crippen molar-refractivity contribution in [3.05, 3.63) is 35.4 Å². The molecule has 1 aromatic carbocycles. The van der Waals surface area contributed by atoms with Crippen molar-refractivity contribution in [3.63, 3.8) is 0 Å². The van der Waals surface area contributed by atoms with Crippen LogP contribution in [0.1, 0.15) is 43.9 Å². The van der Waals surface area contributed by atoms with Gasteiger partial charge in [0.1, 0.15) is 6.04 Å². The minimum Gasteiger partial charge on any atom is -0.480 e. The van der Waals surface area contributed by atoms with Crippen LogP contribution in [0.2, 0.25) is 0 Å². The molecule has 1 rings (SSSR count). The van der Waals surface area contributed by atoms with Gasteiger partial charge >= 0.3 is 5.97 Å². The molecule has 1 aromatic rings. The molecule has 0 radical (unpaired) electrons. The van der Waals surface area contributed by atoms with Gasteiger partial charge in [-0.1, -0.05) is 43.2 Å². The van der Waals surface area contributed by atoms with Crippen LogP contribution < -0.4 is 5.32 Å². The standard InChI is InChI=1S/C14H21NO2/c1-4-6-13(14(16)17)15-11(3)12-8-5-7-10(2)9-12/h5,7-9,11,13,15H,4,6H2,1-3H3,(H,16,17)/t11-,13?/m1/s1. The number of hydrogen-bond donors (Lipinski definition) is 2. The Hall–Kier alpha value is -1.35. The van der Waals surface area contributed by atoms with Crippen molar-refractivity contribution in [2.75, 3.05) is 0 Å². The zero-order chi connectivity index (χ0) is 12.8. The predicted molar refractivity (Wildman–Crippen MR) is 69.1 cm³/mol. The van der Waals surface area contributed by atoms with Crippen LogP contribution in [0.15, 0.2) is 24.3 Å². The Kier molecular flexibility index (Phi) is 5.16. The number of nitrogens with one attached hydrogen (secondary N) is 1. The van der Waals surface area contributed by atoms with Gasteiger partial charge in [-0.3, -0.25) is 10.1 Å². The van der Waals surface area contributed by atoms with Gasteiger partial charge < -0.3 is 5.11 Å². The molecule has 1 unspecified atom stereocenters. The van der Waals surface area contributed by atoms with Crippen molar-refractivity contribution in [3.8, 4) is 0 Å². The molecule has 0 aromatic heterocycles. The third-order valence-corrected chi connectivity index (χ3v) is 2.87. The van der Waals surface area contributed by atoms with Crippen LogP contribution in [-0.4, -0.2) is 17.1 Å². The number of rotatable bonds is 6. The average molecular weight is 235 g/mol. The van der Waals surface area contributed by atoms with Gasteiger partial charge in [-0.25, -0.2) is 0 Å². The molecule has 94 valence electrons. The molecule has 0 bridgehead atoms. The predicted octanol–water partition coefficient (Wildman–Crippen LogP) is 2.90. The van der Waals surface area contributed by atoms with E-state index in [1.165, 1.54) is 5.56 Å². The molecule has 17 heavy (non-hydrogen) atoms. The van der Waals surface area contributed by atoms with Gasteiger partial charge in [0.15, 0.2) is 0 Å². The van der Waals surface area contributed by atoms with Gasteiger partial charge in [0.05, 0.1) is 0 Å². The molecule has 3 nitrogen and oxygen atoms in total. The third-order valence-electron chi connectivity index (χ3n) is 2.87. The van der Waals surface area contributed by atoms with Crippen molar-refractivity contribution in [1.29, 1.82) is 0 Å². The highest BCUT2D eigenvalue weighted by atomic mass is 16.4. The summed E-state index contributed by atoms with van der Waals surface area (Å²) >= 11 is 0. The quantitative estimate of drug-likeness (QED) is 0.797. The largest absolute Gasteiger partial charge is 0.480 e. The van der Waals surface area contributed by atoms with Crippen LogP contribution in [-0.2, 0) is 4.79 Å². The third kappa shape index (κ3) is 4.19. The highest BCUT2D eigenvalue weighted by Gasteiger charge is 2.18. The van der Waals surface area contributed by atoms with E-state index < -0.39 is 12.0 Å². The van der Waals surface area contributed by atoms with Crippen LogP contribution in [0, 0.1) is 6.92 Å². The van der Waals surface area contributed by atoms with E-state index in [-0.39, 0.29) is 6.04 Å². The molecule has 0 saturated carbocycles. The number of aryl methyl sites for hydroxylation is 1. The zero-order valence-corrected chi connectivity index (χ0v) is 10.7. The Morgan fingerprint density at radius 3 is 2.71 bits per heavy atom. The Morgan fingerprint density at radius 1 is 1.47 bits per heavy atom. The fraction of sp³-hybridized carbons (Fsp3) is 0.500. The molecule has 0 amide bonds. The second kappa shape index (κ2) is 6.40. The lowest BCUT2D eigenvalue weighted by molar-refractivity contribution is -0.139. The van der Waals surface area contributed by atoms with E-state index >= 15 is 0 Å². The minimum atomic E-state index is -0.772. The van der Waals surface area contributed by atoms with E-state index in [0.29, 0.717) is 6.42 Å². The molecular formula is C14H21NO2. The van der Waals surface area contributed by atoms with Crippen LogP contribution in [0.5, 0.6) is 0 Å². The second-order valence-corrected chi connectivity index (χ2v) is 4.48. The molecule has 0 saturated heterocycles. The Labute approximate surface area is 103 Å².